The van der Waals surface area contributed by atoms with Crippen LogP contribution in [-0.2, 0) is 15.5 Å². The van der Waals surface area contributed by atoms with Gasteiger partial charge in [-0.3, -0.25) is 0 Å². The number of phosphoric ester groups is 1. The van der Waals surface area contributed by atoms with E-state index in [4.69, 9.17) is 0 Å². The van der Waals surface area contributed by atoms with Crippen LogP contribution in [0.1, 0.15) is 24.8 Å². The van der Waals surface area contributed by atoms with Crippen molar-refractivity contribution >= 4 is 7.82 Å². The normalized spacial score (nSPS) is 11.6. The summed E-state index contributed by atoms with van der Waals surface area (Å²) in [6.45, 7) is -0.000925. The fraction of sp³-hybridized carbons (Fsp3) is 0.455. The zero-order valence-corrected chi connectivity index (χ0v) is 9.90. The third-order valence-corrected chi connectivity index (χ3v) is 2.70. The monoisotopic (exact) mass is 242 g/mol. The van der Waals surface area contributed by atoms with Crippen molar-refractivity contribution in [2.45, 2.75) is 25.7 Å². The van der Waals surface area contributed by atoms with E-state index in [0.717, 1.165) is 19.3 Å². The summed E-state index contributed by atoms with van der Waals surface area (Å²) in [5.74, 6) is 0. The second-order valence-corrected chi connectivity index (χ2v) is 4.73. The molecule has 0 radical (unpaired) electrons. The van der Waals surface area contributed by atoms with Gasteiger partial charge in [-0.15, -0.1) is 0 Å². The lowest BCUT2D eigenvalue weighted by molar-refractivity contribution is -0.341. The van der Waals surface area contributed by atoms with E-state index < -0.39 is 7.82 Å². The lowest BCUT2D eigenvalue weighted by Gasteiger charge is -2.28. The van der Waals surface area contributed by atoms with Gasteiger partial charge in [-0.25, -0.2) is 0 Å². The Labute approximate surface area is 95.5 Å². The van der Waals surface area contributed by atoms with E-state index in [1.54, 1.807) is 0 Å². The fourth-order valence-electron chi connectivity index (χ4n) is 1.43. The quantitative estimate of drug-likeness (QED) is 0.532. The van der Waals surface area contributed by atoms with E-state index in [1.165, 1.54) is 5.56 Å². The fourth-order valence-corrected chi connectivity index (χ4v) is 1.78. The van der Waals surface area contributed by atoms with Gasteiger partial charge in [-0.05, 0) is 24.8 Å². The maximum atomic E-state index is 10.1. The van der Waals surface area contributed by atoms with Crippen LogP contribution in [-0.4, -0.2) is 6.61 Å². The Hall–Kier alpha value is -0.670. The highest BCUT2D eigenvalue weighted by atomic mass is 31.2. The number of hydrogen-bond donors (Lipinski definition) is 0. The standard InChI is InChI=1S/C11H17O4P/c12-16(13,14)15-10-6-2-5-9-11-7-3-1-4-8-11/h1,3-4,7-8H,2,5-6,9-10H2,(H2,12,13,14)/p-2. The molecule has 0 bridgehead atoms. The van der Waals surface area contributed by atoms with Crippen molar-refractivity contribution in [2.24, 2.45) is 0 Å². The summed E-state index contributed by atoms with van der Waals surface area (Å²) in [7, 11) is -4.77. The second kappa shape index (κ2) is 6.81. The van der Waals surface area contributed by atoms with Crippen molar-refractivity contribution in [1.29, 1.82) is 0 Å². The van der Waals surface area contributed by atoms with E-state index in [0.29, 0.717) is 6.42 Å². The summed E-state index contributed by atoms with van der Waals surface area (Å²) in [5.41, 5.74) is 1.27. The number of phosphoric acid groups is 1. The maximum Gasteiger partial charge on any atom is 0.0596 e. The minimum atomic E-state index is -4.77. The average molecular weight is 242 g/mol. The van der Waals surface area contributed by atoms with Crippen LogP contribution in [0, 0.1) is 0 Å². The molecule has 1 aromatic carbocycles. The molecule has 0 saturated carbocycles. The minimum absolute atomic E-state index is 0.000925. The molecule has 0 amide bonds. The predicted octanol–water partition coefficient (Wildman–Crippen LogP) is 1.24. The summed E-state index contributed by atoms with van der Waals surface area (Å²) in [4.78, 5) is 20.3. The molecule has 0 aliphatic rings. The summed E-state index contributed by atoms with van der Waals surface area (Å²) in [6.07, 6.45) is 3.39. The summed E-state index contributed by atoms with van der Waals surface area (Å²) in [6, 6.07) is 10.1. The van der Waals surface area contributed by atoms with Crippen LogP contribution in [0.5, 0.6) is 0 Å². The second-order valence-electron chi connectivity index (χ2n) is 3.58. The van der Waals surface area contributed by atoms with E-state index >= 15 is 0 Å². The van der Waals surface area contributed by atoms with Gasteiger partial charge in [0.1, 0.15) is 0 Å². The number of aryl methyl sites for hydroxylation is 1. The van der Waals surface area contributed by atoms with Crippen LogP contribution in [0.15, 0.2) is 30.3 Å². The molecule has 90 valence electrons. The van der Waals surface area contributed by atoms with Crippen molar-refractivity contribution < 1.29 is 18.9 Å². The molecule has 0 saturated heterocycles. The molecule has 0 unspecified atom stereocenters. The molecule has 0 aromatic heterocycles. The van der Waals surface area contributed by atoms with Gasteiger partial charge in [0.25, 0.3) is 0 Å². The number of hydrogen-bond acceptors (Lipinski definition) is 4. The molecule has 16 heavy (non-hydrogen) atoms. The van der Waals surface area contributed by atoms with Gasteiger partial charge in [0.2, 0.25) is 0 Å². The van der Waals surface area contributed by atoms with Gasteiger partial charge in [0.15, 0.2) is 0 Å². The number of unbranched alkanes of at least 4 members (excludes halogenated alkanes) is 2. The van der Waals surface area contributed by atoms with Crippen molar-refractivity contribution in [3.05, 3.63) is 35.9 Å². The molecular formula is C11H15O4P-2. The molecule has 0 aliphatic carbocycles. The Balaban J connectivity index is 2.03. The van der Waals surface area contributed by atoms with Gasteiger partial charge in [0, 0.05) is 0 Å². The smallest absolute Gasteiger partial charge is 0.0596 e. The van der Waals surface area contributed by atoms with Crippen LogP contribution < -0.4 is 9.79 Å². The van der Waals surface area contributed by atoms with Crippen molar-refractivity contribution in [3.8, 4) is 0 Å². The first-order chi connectivity index (χ1) is 7.58. The van der Waals surface area contributed by atoms with Gasteiger partial charge in [0.05, 0.1) is 14.4 Å². The van der Waals surface area contributed by atoms with Crippen LogP contribution in [0.4, 0.5) is 0 Å². The summed E-state index contributed by atoms with van der Waals surface area (Å²) in [5, 5.41) is 0. The van der Waals surface area contributed by atoms with Crippen LogP contribution >= 0.6 is 7.82 Å². The SMILES string of the molecule is O=P([O-])([O-])OCCCCCc1ccccc1. The van der Waals surface area contributed by atoms with Crippen LogP contribution in [0.3, 0.4) is 0 Å². The third kappa shape index (κ3) is 6.75. The molecule has 0 aliphatic heterocycles. The van der Waals surface area contributed by atoms with Gasteiger partial charge < -0.3 is 18.9 Å². The molecule has 5 heteroatoms. The number of benzene rings is 1. The zero-order valence-electron chi connectivity index (χ0n) is 9.00. The number of rotatable bonds is 7. The Kier molecular flexibility index (Phi) is 5.71. The molecule has 0 fully saturated rings. The third-order valence-electron chi connectivity index (χ3n) is 2.20. The first-order valence-electron chi connectivity index (χ1n) is 5.28. The van der Waals surface area contributed by atoms with Gasteiger partial charge >= 0.3 is 0 Å². The largest absolute Gasteiger partial charge is 0.790 e. The Morgan fingerprint density at radius 2 is 1.75 bits per heavy atom. The van der Waals surface area contributed by atoms with Gasteiger partial charge in [-0.1, -0.05) is 36.8 Å². The molecule has 0 N–H and O–H groups in total. The molecular weight excluding hydrogens is 227 g/mol. The molecule has 4 nitrogen and oxygen atoms in total. The van der Waals surface area contributed by atoms with E-state index in [-0.39, 0.29) is 6.61 Å². The van der Waals surface area contributed by atoms with E-state index in [2.05, 4.69) is 16.7 Å². The molecule has 0 spiro atoms. The molecule has 1 aromatic rings. The summed E-state index contributed by atoms with van der Waals surface area (Å²) >= 11 is 0. The van der Waals surface area contributed by atoms with Crippen molar-refractivity contribution in [2.75, 3.05) is 6.61 Å². The van der Waals surface area contributed by atoms with E-state index in [1.807, 2.05) is 18.2 Å². The zero-order chi connectivity index (χ0) is 11.9. The van der Waals surface area contributed by atoms with E-state index in [9.17, 15) is 14.4 Å². The highest BCUT2D eigenvalue weighted by molar-refractivity contribution is 7.43. The van der Waals surface area contributed by atoms with Crippen LogP contribution in [0.2, 0.25) is 0 Å². The Bertz CT molecular complexity index is 333. The molecule has 0 heterocycles. The highest BCUT2D eigenvalue weighted by Gasteiger charge is 1.94. The Morgan fingerprint density at radius 3 is 2.38 bits per heavy atom. The average Bonchev–Trinajstić information content (AvgIpc) is 2.23. The molecule has 1 rings (SSSR count). The summed E-state index contributed by atoms with van der Waals surface area (Å²) < 4.78 is 14.3. The highest BCUT2D eigenvalue weighted by Crippen LogP contribution is 2.24. The first kappa shape index (κ1) is 13.4. The Morgan fingerprint density at radius 1 is 1.06 bits per heavy atom. The predicted molar refractivity (Wildman–Crippen MR) is 57.6 cm³/mol. The van der Waals surface area contributed by atoms with Crippen molar-refractivity contribution in [3.63, 3.8) is 0 Å². The van der Waals surface area contributed by atoms with Crippen LogP contribution in [0.25, 0.3) is 0 Å². The topological polar surface area (TPSA) is 72.4 Å². The molecule has 0 atom stereocenters. The van der Waals surface area contributed by atoms with Crippen molar-refractivity contribution in [1.82, 2.24) is 0 Å². The van der Waals surface area contributed by atoms with Gasteiger partial charge in [-0.2, -0.15) is 0 Å². The lowest BCUT2D eigenvalue weighted by atomic mass is 10.1. The maximum absolute atomic E-state index is 10.1. The minimum Gasteiger partial charge on any atom is -0.790 e. The first-order valence-corrected chi connectivity index (χ1v) is 6.74. The lowest BCUT2D eigenvalue weighted by Crippen LogP contribution is -2.16.